The zero-order valence-corrected chi connectivity index (χ0v) is 10.2. The second-order valence-electron chi connectivity index (χ2n) is 5.08. The number of hydrogen-bond donors (Lipinski definition) is 2. The van der Waals surface area contributed by atoms with Gasteiger partial charge in [0, 0.05) is 31.6 Å². The van der Waals surface area contributed by atoms with Crippen molar-refractivity contribution in [2.75, 3.05) is 26.7 Å². The van der Waals surface area contributed by atoms with Crippen molar-refractivity contribution in [1.29, 1.82) is 0 Å². The minimum atomic E-state index is 0.203. The summed E-state index contributed by atoms with van der Waals surface area (Å²) < 4.78 is 0. The van der Waals surface area contributed by atoms with Crippen LogP contribution in [0.1, 0.15) is 32.1 Å². The van der Waals surface area contributed by atoms with Crippen molar-refractivity contribution in [3.05, 3.63) is 0 Å². The van der Waals surface area contributed by atoms with E-state index in [0.717, 1.165) is 25.9 Å². The smallest absolute Gasteiger partial charge is 0.221 e. The van der Waals surface area contributed by atoms with E-state index in [9.17, 15) is 4.79 Å². The number of rotatable bonds is 3. The lowest BCUT2D eigenvalue weighted by Crippen LogP contribution is -2.41. The molecule has 4 heteroatoms. The minimum Gasteiger partial charge on any atom is -0.356 e. The van der Waals surface area contributed by atoms with E-state index in [1.165, 1.54) is 19.4 Å². The van der Waals surface area contributed by atoms with E-state index in [1.54, 1.807) is 0 Å². The van der Waals surface area contributed by atoms with Gasteiger partial charge in [-0.1, -0.05) is 0 Å². The first-order chi connectivity index (χ1) is 7.75. The Labute approximate surface area is 97.8 Å². The normalized spacial score (nSPS) is 32.4. The lowest BCUT2D eigenvalue weighted by molar-refractivity contribution is -0.121. The highest BCUT2D eigenvalue weighted by atomic mass is 16.1. The van der Waals surface area contributed by atoms with Gasteiger partial charge in [-0.2, -0.15) is 0 Å². The van der Waals surface area contributed by atoms with Gasteiger partial charge in [-0.15, -0.1) is 0 Å². The number of carbonyl (C=O) groups excluding carboxylic acids is 1. The summed E-state index contributed by atoms with van der Waals surface area (Å²) in [6.45, 7) is 3.10. The molecule has 2 heterocycles. The predicted octanol–water partition coefficient (Wildman–Crippen LogP) is 0.339. The molecule has 92 valence electrons. The quantitative estimate of drug-likeness (QED) is 0.728. The monoisotopic (exact) mass is 225 g/mol. The second kappa shape index (κ2) is 5.64. The van der Waals surface area contributed by atoms with E-state index < -0.39 is 0 Å². The van der Waals surface area contributed by atoms with Gasteiger partial charge in [0.2, 0.25) is 5.91 Å². The summed E-state index contributed by atoms with van der Waals surface area (Å²) in [5.41, 5.74) is 0. The Hall–Kier alpha value is -0.610. The third kappa shape index (κ3) is 3.19. The maximum absolute atomic E-state index is 11.4. The standard InChI is InChI=1S/C12H23N3O/c1-15-7-3-5-11(15)9-14-10-4-2-6-13-12(16)8-10/h10-11,14H,2-9H2,1H3,(H,13,16). The van der Waals surface area contributed by atoms with Crippen molar-refractivity contribution in [2.45, 2.75) is 44.2 Å². The maximum Gasteiger partial charge on any atom is 0.221 e. The predicted molar refractivity (Wildman–Crippen MR) is 64.3 cm³/mol. The highest BCUT2D eigenvalue weighted by Crippen LogP contribution is 2.14. The molecular formula is C12H23N3O. The number of carbonyl (C=O) groups is 1. The van der Waals surface area contributed by atoms with Crippen LogP contribution in [0.25, 0.3) is 0 Å². The molecule has 0 aromatic heterocycles. The number of amides is 1. The van der Waals surface area contributed by atoms with Gasteiger partial charge in [0.1, 0.15) is 0 Å². The second-order valence-corrected chi connectivity index (χ2v) is 5.08. The first kappa shape index (κ1) is 11.9. The molecule has 0 bridgehead atoms. The number of likely N-dealkylation sites (N-methyl/N-ethyl adjacent to an activating group) is 1. The molecule has 2 N–H and O–H groups in total. The maximum atomic E-state index is 11.4. The van der Waals surface area contributed by atoms with Gasteiger partial charge < -0.3 is 15.5 Å². The average molecular weight is 225 g/mol. The van der Waals surface area contributed by atoms with Crippen LogP contribution in [0.3, 0.4) is 0 Å². The molecular weight excluding hydrogens is 202 g/mol. The molecule has 2 fully saturated rings. The third-order valence-electron chi connectivity index (χ3n) is 3.80. The van der Waals surface area contributed by atoms with Crippen LogP contribution in [0.5, 0.6) is 0 Å². The van der Waals surface area contributed by atoms with Crippen LogP contribution in [0.15, 0.2) is 0 Å². The van der Waals surface area contributed by atoms with Gasteiger partial charge in [-0.05, 0) is 39.3 Å². The molecule has 2 rings (SSSR count). The molecule has 1 amide bonds. The molecule has 2 aliphatic rings. The molecule has 16 heavy (non-hydrogen) atoms. The zero-order chi connectivity index (χ0) is 11.4. The van der Waals surface area contributed by atoms with Gasteiger partial charge in [0.05, 0.1) is 0 Å². The molecule has 0 aromatic carbocycles. The number of nitrogens with zero attached hydrogens (tertiary/aromatic N) is 1. The van der Waals surface area contributed by atoms with Crippen molar-refractivity contribution in [3.63, 3.8) is 0 Å². The van der Waals surface area contributed by atoms with Crippen LogP contribution in [-0.4, -0.2) is 49.6 Å². The van der Waals surface area contributed by atoms with Crippen LogP contribution in [-0.2, 0) is 4.79 Å². The number of nitrogens with one attached hydrogen (secondary N) is 2. The summed E-state index contributed by atoms with van der Waals surface area (Å²) in [5, 5.41) is 6.48. The summed E-state index contributed by atoms with van der Waals surface area (Å²) in [4.78, 5) is 13.8. The molecule has 0 aliphatic carbocycles. The van der Waals surface area contributed by atoms with Gasteiger partial charge in [-0.25, -0.2) is 0 Å². The summed E-state index contributed by atoms with van der Waals surface area (Å²) >= 11 is 0. The van der Waals surface area contributed by atoms with Gasteiger partial charge in [-0.3, -0.25) is 4.79 Å². The Kier molecular flexibility index (Phi) is 4.18. The Morgan fingerprint density at radius 2 is 2.31 bits per heavy atom. The van der Waals surface area contributed by atoms with Gasteiger partial charge >= 0.3 is 0 Å². The third-order valence-corrected chi connectivity index (χ3v) is 3.80. The van der Waals surface area contributed by atoms with Crippen molar-refractivity contribution in [2.24, 2.45) is 0 Å². The highest BCUT2D eigenvalue weighted by Gasteiger charge is 2.23. The first-order valence-corrected chi connectivity index (χ1v) is 6.46. The molecule has 0 aromatic rings. The highest BCUT2D eigenvalue weighted by molar-refractivity contribution is 5.76. The molecule has 2 aliphatic heterocycles. The van der Waals surface area contributed by atoms with Crippen LogP contribution < -0.4 is 10.6 Å². The molecule has 2 atom stereocenters. The SMILES string of the molecule is CN1CCCC1CNC1CCCNC(=O)C1. The van der Waals surface area contributed by atoms with Crippen LogP contribution in [0.4, 0.5) is 0 Å². The fourth-order valence-corrected chi connectivity index (χ4v) is 2.69. The van der Waals surface area contributed by atoms with Gasteiger partial charge in [0.15, 0.2) is 0 Å². The van der Waals surface area contributed by atoms with E-state index in [4.69, 9.17) is 0 Å². The van der Waals surface area contributed by atoms with Gasteiger partial charge in [0.25, 0.3) is 0 Å². The molecule has 4 nitrogen and oxygen atoms in total. The number of hydrogen-bond acceptors (Lipinski definition) is 3. The fourth-order valence-electron chi connectivity index (χ4n) is 2.69. The molecule has 0 radical (unpaired) electrons. The van der Waals surface area contributed by atoms with Crippen molar-refractivity contribution in [3.8, 4) is 0 Å². The molecule has 2 unspecified atom stereocenters. The largest absolute Gasteiger partial charge is 0.356 e. The van der Waals surface area contributed by atoms with Crippen LogP contribution in [0.2, 0.25) is 0 Å². The first-order valence-electron chi connectivity index (χ1n) is 6.46. The zero-order valence-electron chi connectivity index (χ0n) is 10.2. The van der Waals surface area contributed by atoms with E-state index in [0.29, 0.717) is 18.5 Å². The molecule has 0 saturated carbocycles. The Morgan fingerprint density at radius 3 is 3.06 bits per heavy atom. The Bertz CT molecular complexity index is 244. The van der Waals surface area contributed by atoms with E-state index in [2.05, 4.69) is 22.6 Å². The summed E-state index contributed by atoms with van der Waals surface area (Å²) in [7, 11) is 2.19. The summed E-state index contributed by atoms with van der Waals surface area (Å²) in [6, 6.07) is 1.06. The van der Waals surface area contributed by atoms with E-state index in [1.807, 2.05) is 0 Å². The average Bonchev–Trinajstić information content (AvgIpc) is 2.54. The van der Waals surface area contributed by atoms with Crippen LogP contribution >= 0.6 is 0 Å². The van der Waals surface area contributed by atoms with Crippen molar-refractivity contribution in [1.82, 2.24) is 15.5 Å². The lowest BCUT2D eigenvalue weighted by Gasteiger charge is -2.23. The van der Waals surface area contributed by atoms with Crippen molar-refractivity contribution >= 4 is 5.91 Å². The molecule has 0 spiro atoms. The van der Waals surface area contributed by atoms with E-state index in [-0.39, 0.29) is 5.91 Å². The van der Waals surface area contributed by atoms with Crippen molar-refractivity contribution < 1.29 is 4.79 Å². The van der Waals surface area contributed by atoms with E-state index >= 15 is 0 Å². The fraction of sp³-hybridized carbons (Fsp3) is 0.917. The summed E-state index contributed by atoms with van der Waals surface area (Å²) in [6.07, 6.45) is 5.48. The topological polar surface area (TPSA) is 44.4 Å². The summed E-state index contributed by atoms with van der Waals surface area (Å²) in [5.74, 6) is 0.203. The number of likely N-dealkylation sites (tertiary alicyclic amines) is 1. The van der Waals surface area contributed by atoms with Crippen LogP contribution in [0, 0.1) is 0 Å². The minimum absolute atomic E-state index is 0.203. The lowest BCUT2D eigenvalue weighted by atomic mass is 10.1. The Morgan fingerprint density at radius 1 is 1.44 bits per heavy atom. The molecule has 2 saturated heterocycles. The Balaban J connectivity index is 1.73.